The highest BCUT2D eigenvalue weighted by Gasteiger charge is 2.21. The predicted molar refractivity (Wildman–Crippen MR) is 69.8 cm³/mol. The predicted octanol–water partition coefficient (Wildman–Crippen LogP) is 1.52. The molecule has 2 amide bonds. The van der Waals surface area contributed by atoms with Gasteiger partial charge in [-0.1, -0.05) is 0 Å². The van der Waals surface area contributed by atoms with Gasteiger partial charge in [0, 0.05) is 24.7 Å². The first-order valence-corrected chi connectivity index (χ1v) is 5.78. The molecule has 0 saturated heterocycles. The average Bonchev–Trinajstić information content (AvgIpc) is 2.75. The van der Waals surface area contributed by atoms with Crippen LogP contribution in [0.3, 0.4) is 0 Å². The number of hydrogen-bond donors (Lipinski definition) is 1. The second-order valence-electron chi connectivity index (χ2n) is 4.14. The van der Waals surface area contributed by atoms with E-state index >= 15 is 0 Å². The molecule has 0 bridgehead atoms. The Morgan fingerprint density at radius 1 is 1.28 bits per heavy atom. The molecule has 5 heteroatoms. The van der Waals surface area contributed by atoms with E-state index in [1.165, 1.54) is 6.92 Å². The summed E-state index contributed by atoms with van der Waals surface area (Å²) in [5.74, 6) is 0.575. The van der Waals surface area contributed by atoms with Gasteiger partial charge in [0.1, 0.15) is 5.84 Å². The molecule has 1 aromatic carbocycles. The molecule has 18 heavy (non-hydrogen) atoms. The number of rotatable bonds is 2. The molecule has 1 aliphatic heterocycles. The van der Waals surface area contributed by atoms with Gasteiger partial charge in [-0.25, -0.2) is 0 Å². The fraction of sp³-hybridized carbons (Fsp3) is 0.308. The summed E-state index contributed by atoms with van der Waals surface area (Å²) in [7, 11) is 0. The van der Waals surface area contributed by atoms with Gasteiger partial charge in [0.15, 0.2) is 0 Å². The van der Waals surface area contributed by atoms with E-state index in [-0.39, 0.29) is 11.8 Å². The number of nitrogens with zero attached hydrogens (tertiary/aromatic N) is 2. The van der Waals surface area contributed by atoms with E-state index < -0.39 is 0 Å². The van der Waals surface area contributed by atoms with Gasteiger partial charge in [0.05, 0.1) is 6.54 Å². The maximum absolute atomic E-state index is 12.1. The first kappa shape index (κ1) is 12.3. The van der Waals surface area contributed by atoms with Gasteiger partial charge in [0.25, 0.3) is 5.91 Å². The quantitative estimate of drug-likeness (QED) is 0.858. The van der Waals surface area contributed by atoms with Gasteiger partial charge in [-0.05, 0) is 31.2 Å². The SMILES string of the molecule is CC(=O)Nc1ccc(C(=O)N2CCN=C2C)cc1. The molecule has 0 aliphatic carbocycles. The van der Waals surface area contributed by atoms with Crippen LogP contribution in [0.1, 0.15) is 24.2 Å². The summed E-state index contributed by atoms with van der Waals surface area (Å²) < 4.78 is 0. The van der Waals surface area contributed by atoms with E-state index in [9.17, 15) is 9.59 Å². The standard InChI is InChI=1S/C13H15N3O2/c1-9-14-7-8-16(9)13(18)11-3-5-12(6-4-11)15-10(2)17/h3-6H,7-8H2,1-2H3,(H,15,17). The number of hydrogen-bond acceptors (Lipinski definition) is 3. The molecule has 5 nitrogen and oxygen atoms in total. The Bertz CT molecular complexity index is 505. The summed E-state index contributed by atoms with van der Waals surface area (Å²) in [6.07, 6.45) is 0. The number of nitrogens with one attached hydrogen (secondary N) is 1. The van der Waals surface area contributed by atoms with E-state index in [2.05, 4.69) is 10.3 Å². The summed E-state index contributed by atoms with van der Waals surface area (Å²) in [4.78, 5) is 28.9. The number of amides is 2. The van der Waals surface area contributed by atoms with E-state index in [0.717, 1.165) is 5.84 Å². The monoisotopic (exact) mass is 245 g/mol. The molecule has 1 heterocycles. The minimum Gasteiger partial charge on any atom is -0.326 e. The van der Waals surface area contributed by atoms with Crippen molar-refractivity contribution in [3.63, 3.8) is 0 Å². The lowest BCUT2D eigenvalue weighted by atomic mass is 10.2. The second-order valence-corrected chi connectivity index (χ2v) is 4.14. The van der Waals surface area contributed by atoms with Gasteiger partial charge in [0.2, 0.25) is 5.91 Å². The second kappa shape index (κ2) is 5.00. The molecule has 0 fully saturated rings. The van der Waals surface area contributed by atoms with Crippen LogP contribution in [-0.2, 0) is 4.79 Å². The lowest BCUT2D eigenvalue weighted by Gasteiger charge is -2.16. The number of amidine groups is 1. The van der Waals surface area contributed by atoms with Crippen LogP contribution in [0.2, 0.25) is 0 Å². The van der Waals surface area contributed by atoms with Gasteiger partial charge in [-0.15, -0.1) is 0 Å². The number of carbonyl (C=O) groups excluding carboxylic acids is 2. The summed E-state index contributed by atoms with van der Waals surface area (Å²) in [5.41, 5.74) is 1.28. The van der Waals surface area contributed by atoms with Crippen LogP contribution in [0.25, 0.3) is 0 Å². The largest absolute Gasteiger partial charge is 0.326 e. The van der Waals surface area contributed by atoms with E-state index in [4.69, 9.17) is 0 Å². The first-order chi connectivity index (χ1) is 8.58. The lowest BCUT2D eigenvalue weighted by molar-refractivity contribution is -0.114. The fourth-order valence-electron chi connectivity index (χ4n) is 1.86. The minimum atomic E-state index is -0.128. The topological polar surface area (TPSA) is 61.8 Å². The molecular formula is C13H15N3O2. The molecule has 0 aromatic heterocycles. The Balaban J connectivity index is 2.12. The summed E-state index contributed by atoms with van der Waals surface area (Å²) in [6.45, 7) is 4.58. The molecule has 1 aliphatic rings. The zero-order chi connectivity index (χ0) is 13.1. The Kier molecular flexibility index (Phi) is 3.41. The number of carbonyl (C=O) groups is 2. The maximum Gasteiger partial charge on any atom is 0.259 e. The van der Waals surface area contributed by atoms with Crippen LogP contribution in [0.15, 0.2) is 29.3 Å². The number of anilines is 1. The van der Waals surface area contributed by atoms with E-state index in [1.807, 2.05) is 6.92 Å². The smallest absolute Gasteiger partial charge is 0.259 e. The minimum absolute atomic E-state index is 0.0527. The van der Waals surface area contributed by atoms with Crippen molar-refractivity contribution in [2.75, 3.05) is 18.4 Å². The Hall–Kier alpha value is -2.17. The molecule has 2 rings (SSSR count). The van der Waals surface area contributed by atoms with Gasteiger partial charge in [-0.3, -0.25) is 19.5 Å². The molecule has 1 aromatic rings. The molecule has 0 spiro atoms. The van der Waals surface area contributed by atoms with Gasteiger partial charge < -0.3 is 5.32 Å². The normalized spacial score (nSPS) is 14.3. The highest BCUT2D eigenvalue weighted by molar-refractivity contribution is 6.06. The summed E-state index contributed by atoms with van der Waals surface area (Å²) in [5, 5.41) is 2.66. The third-order valence-electron chi connectivity index (χ3n) is 2.75. The fourth-order valence-corrected chi connectivity index (χ4v) is 1.86. The Labute approximate surface area is 106 Å². The number of aliphatic imine (C=N–C) groups is 1. The van der Waals surface area contributed by atoms with Crippen molar-refractivity contribution in [3.05, 3.63) is 29.8 Å². The Morgan fingerprint density at radius 3 is 2.44 bits per heavy atom. The van der Waals surface area contributed by atoms with Crippen molar-refractivity contribution in [1.29, 1.82) is 0 Å². The molecule has 0 saturated carbocycles. The van der Waals surface area contributed by atoms with Gasteiger partial charge in [-0.2, -0.15) is 0 Å². The lowest BCUT2D eigenvalue weighted by Crippen LogP contribution is -2.32. The molecule has 1 N–H and O–H groups in total. The third kappa shape index (κ3) is 2.56. The molecule has 0 radical (unpaired) electrons. The number of benzene rings is 1. The van der Waals surface area contributed by atoms with Crippen molar-refractivity contribution in [2.24, 2.45) is 4.99 Å². The van der Waals surface area contributed by atoms with E-state index in [0.29, 0.717) is 24.3 Å². The molecule has 94 valence electrons. The van der Waals surface area contributed by atoms with Crippen molar-refractivity contribution >= 4 is 23.3 Å². The van der Waals surface area contributed by atoms with Crippen molar-refractivity contribution in [1.82, 2.24) is 4.90 Å². The Morgan fingerprint density at radius 2 is 1.94 bits per heavy atom. The molecule has 0 unspecified atom stereocenters. The van der Waals surface area contributed by atoms with Crippen LogP contribution in [0.5, 0.6) is 0 Å². The van der Waals surface area contributed by atoms with Crippen molar-refractivity contribution in [2.45, 2.75) is 13.8 Å². The maximum atomic E-state index is 12.1. The van der Waals surface area contributed by atoms with Crippen LogP contribution in [0, 0.1) is 0 Å². The first-order valence-electron chi connectivity index (χ1n) is 5.78. The van der Waals surface area contributed by atoms with Gasteiger partial charge >= 0.3 is 0 Å². The summed E-state index contributed by atoms with van der Waals surface area (Å²) in [6, 6.07) is 6.85. The third-order valence-corrected chi connectivity index (χ3v) is 2.75. The molecule has 0 atom stereocenters. The molecular weight excluding hydrogens is 230 g/mol. The van der Waals surface area contributed by atoms with E-state index in [1.54, 1.807) is 29.2 Å². The zero-order valence-corrected chi connectivity index (χ0v) is 10.4. The highest BCUT2D eigenvalue weighted by atomic mass is 16.2. The zero-order valence-electron chi connectivity index (χ0n) is 10.4. The van der Waals surface area contributed by atoms with Crippen molar-refractivity contribution in [3.8, 4) is 0 Å². The van der Waals surface area contributed by atoms with Crippen LogP contribution in [-0.4, -0.2) is 35.6 Å². The van der Waals surface area contributed by atoms with Crippen LogP contribution in [0.4, 0.5) is 5.69 Å². The highest BCUT2D eigenvalue weighted by Crippen LogP contribution is 2.13. The van der Waals surface area contributed by atoms with Crippen LogP contribution >= 0.6 is 0 Å². The summed E-state index contributed by atoms with van der Waals surface area (Å²) >= 11 is 0. The van der Waals surface area contributed by atoms with Crippen molar-refractivity contribution < 1.29 is 9.59 Å². The van der Waals surface area contributed by atoms with Crippen LogP contribution < -0.4 is 5.32 Å². The average molecular weight is 245 g/mol.